The fourth-order valence-electron chi connectivity index (χ4n) is 2.19. The molecular weight excluding hydrogens is 266 g/mol. The molecule has 5 atom stereocenters. The van der Waals surface area contributed by atoms with Crippen LogP contribution in [0.5, 0.6) is 0 Å². The van der Waals surface area contributed by atoms with Crippen LogP contribution in [0.4, 0.5) is 0 Å². The van der Waals surface area contributed by atoms with Gasteiger partial charge in [-0.2, -0.15) is 0 Å². The molecule has 0 unspecified atom stereocenters. The van der Waals surface area contributed by atoms with Crippen molar-refractivity contribution in [1.29, 1.82) is 0 Å². The Hall–Kier alpha value is -0.600. The SMILES string of the molecule is C=CCNC[C@H]1O[C@@H]2SC(=NCC)N[C@@H]2[C@@H](O)[C@@H]1O. The number of hydrogen-bond donors (Lipinski definition) is 4. The minimum absolute atomic E-state index is 0.209. The second kappa shape index (κ2) is 6.71. The zero-order valence-electron chi connectivity index (χ0n) is 11.0. The van der Waals surface area contributed by atoms with E-state index in [1.807, 2.05) is 6.92 Å². The third-order valence-electron chi connectivity index (χ3n) is 3.15. The van der Waals surface area contributed by atoms with Crippen molar-refractivity contribution in [3.05, 3.63) is 12.7 Å². The van der Waals surface area contributed by atoms with Crippen LogP contribution in [-0.4, -0.2) is 64.8 Å². The molecule has 0 aromatic rings. The van der Waals surface area contributed by atoms with E-state index < -0.39 is 18.3 Å². The largest absolute Gasteiger partial charge is 0.388 e. The van der Waals surface area contributed by atoms with Crippen LogP contribution in [0.2, 0.25) is 0 Å². The number of hydrogen-bond acceptors (Lipinski definition) is 6. The average molecular weight is 287 g/mol. The van der Waals surface area contributed by atoms with Crippen molar-refractivity contribution in [3.63, 3.8) is 0 Å². The first-order valence-electron chi connectivity index (χ1n) is 6.48. The lowest BCUT2D eigenvalue weighted by molar-refractivity contribution is -0.153. The van der Waals surface area contributed by atoms with E-state index in [-0.39, 0.29) is 11.5 Å². The third kappa shape index (κ3) is 3.29. The minimum atomic E-state index is -0.910. The summed E-state index contributed by atoms with van der Waals surface area (Å²) in [4.78, 5) is 4.27. The van der Waals surface area contributed by atoms with Gasteiger partial charge in [0.1, 0.15) is 23.7 Å². The lowest BCUT2D eigenvalue weighted by Gasteiger charge is -2.39. The summed E-state index contributed by atoms with van der Waals surface area (Å²) in [5, 5.41) is 27.2. The predicted molar refractivity (Wildman–Crippen MR) is 76.2 cm³/mol. The van der Waals surface area contributed by atoms with Gasteiger partial charge in [0.05, 0.1) is 6.04 Å². The number of nitrogens with zero attached hydrogens (tertiary/aromatic N) is 1. The summed E-state index contributed by atoms with van der Waals surface area (Å²) in [5.74, 6) is 0. The van der Waals surface area contributed by atoms with Gasteiger partial charge in [0.15, 0.2) is 5.17 Å². The summed E-state index contributed by atoms with van der Waals surface area (Å²) in [7, 11) is 0. The summed E-state index contributed by atoms with van der Waals surface area (Å²) in [6, 6.07) is -0.305. The van der Waals surface area contributed by atoms with Gasteiger partial charge in [-0.05, 0) is 6.92 Å². The van der Waals surface area contributed by atoms with Gasteiger partial charge in [0, 0.05) is 19.6 Å². The van der Waals surface area contributed by atoms with Crippen LogP contribution < -0.4 is 10.6 Å². The quantitative estimate of drug-likeness (QED) is 0.395. The molecule has 2 aliphatic heterocycles. The Kier molecular flexibility index (Phi) is 5.23. The number of thioether (sulfide) groups is 1. The van der Waals surface area contributed by atoms with Gasteiger partial charge in [-0.15, -0.1) is 6.58 Å². The highest BCUT2D eigenvalue weighted by molar-refractivity contribution is 8.14. The predicted octanol–water partition coefficient (Wildman–Crippen LogP) is -0.710. The van der Waals surface area contributed by atoms with Crippen LogP contribution in [0.15, 0.2) is 17.6 Å². The maximum absolute atomic E-state index is 10.2. The van der Waals surface area contributed by atoms with Gasteiger partial charge in [-0.3, -0.25) is 4.99 Å². The molecule has 2 fully saturated rings. The Morgan fingerprint density at radius 2 is 2.32 bits per heavy atom. The van der Waals surface area contributed by atoms with Gasteiger partial charge in [-0.1, -0.05) is 17.8 Å². The number of aliphatic hydroxyl groups is 2. The number of ether oxygens (including phenoxy) is 1. The van der Waals surface area contributed by atoms with E-state index in [0.717, 1.165) is 5.17 Å². The lowest BCUT2D eigenvalue weighted by atomic mass is 9.98. The third-order valence-corrected chi connectivity index (χ3v) is 4.26. The van der Waals surface area contributed by atoms with E-state index in [1.54, 1.807) is 6.08 Å². The molecule has 0 bridgehead atoms. The first kappa shape index (κ1) is 14.8. The summed E-state index contributed by atoms with van der Waals surface area (Å²) < 4.78 is 5.83. The Labute approximate surface area is 117 Å². The Bertz CT molecular complexity index is 353. The molecule has 108 valence electrons. The van der Waals surface area contributed by atoms with Gasteiger partial charge >= 0.3 is 0 Å². The fraction of sp³-hybridized carbons (Fsp3) is 0.750. The van der Waals surface area contributed by atoms with Crippen molar-refractivity contribution < 1.29 is 14.9 Å². The fourth-order valence-corrected chi connectivity index (χ4v) is 3.40. The molecule has 0 aliphatic carbocycles. The molecule has 7 heteroatoms. The maximum atomic E-state index is 10.2. The number of nitrogens with one attached hydrogen (secondary N) is 2. The molecule has 0 aromatic carbocycles. The second-order valence-corrected chi connectivity index (χ2v) is 5.63. The molecule has 0 spiro atoms. The van der Waals surface area contributed by atoms with Crippen LogP contribution in [-0.2, 0) is 4.74 Å². The Balaban J connectivity index is 1.97. The van der Waals surface area contributed by atoms with Crippen LogP contribution in [0.25, 0.3) is 0 Å². The van der Waals surface area contributed by atoms with Crippen molar-refractivity contribution in [2.75, 3.05) is 19.6 Å². The first-order valence-corrected chi connectivity index (χ1v) is 7.36. The summed E-state index contributed by atoms with van der Waals surface area (Å²) in [6.45, 7) is 7.37. The van der Waals surface area contributed by atoms with E-state index >= 15 is 0 Å². The van der Waals surface area contributed by atoms with Crippen molar-refractivity contribution in [2.45, 2.75) is 36.7 Å². The minimum Gasteiger partial charge on any atom is -0.388 e. The van der Waals surface area contributed by atoms with E-state index in [9.17, 15) is 10.2 Å². The molecule has 19 heavy (non-hydrogen) atoms. The molecule has 2 heterocycles. The average Bonchev–Trinajstić information content (AvgIpc) is 2.79. The highest BCUT2D eigenvalue weighted by atomic mass is 32.2. The zero-order valence-corrected chi connectivity index (χ0v) is 11.8. The molecule has 4 N–H and O–H groups in total. The van der Waals surface area contributed by atoms with E-state index in [0.29, 0.717) is 19.6 Å². The topological polar surface area (TPSA) is 86.1 Å². The van der Waals surface area contributed by atoms with E-state index in [4.69, 9.17) is 4.74 Å². The van der Waals surface area contributed by atoms with Gasteiger partial charge in [0.25, 0.3) is 0 Å². The van der Waals surface area contributed by atoms with E-state index in [2.05, 4.69) is 22.2 Å². The molecule has 0 amide bonds. The molecule has 2 rings (SSSR count). The molecule has 6 nitrogen and oxygen atoms in total. The monoisotopic (exact) mass is 287 g/mol. The molecular formula is C12H21N3O3S. The standard InChI is InChI=1S/C12H21N3O3S/c1-3-5-13-6-7-9(16)10(17)8-11(18-7)19-12(15-8)14-4-2/h3,7-11,13,16-17H,1,4-6H2,2H3,(H,14,15)/t7-,8-,9-,10-,11-/m1/s1. The van der Waals surface area contributed by atoms with Crippen LogP contribution >= 0.6 is 11.8 Å². The van der Waals surface area contributed by atoms with Crippen molar-refractivity contribution >= 4 is 16.9 Å². The van der Waals surface area contributed by atoms with Crippen LogP contribution in [0.3, 0.4) is 0 Å². The molecule has 2 aliphatic rings. The summed E-state index contributed by atoms with van der Waals surface area (Å²) >= 11 is 1.47. The molecule has 0 saturated carbocycles. The van der Waals surface area contributed by atoms with Crippen LogP contribution in [0, 0.1) is 0 Å². The summed E-state index contributed by atoms with van der Waals surface area (Å²) in [6.07, 6.45) is -0.447. The number of aliphatic hydroxyl groups excluding tert-OH is 2. The smallest absolute Gasteiger partial charge is 0.159 e. The van der Waals surface area contributed by atoms with Crippen molar-refractivity contribution in [2.24, 2.45) is 4.99 Å². The molecule has 2 saturated heterocycles. The molecule has 0 radical (unpaired) electrons. The van der Waals surface area contributed by atoms with Gasteiger partial charge in [-0.25, -0.2) is 0 Å². The van der Waals surface area contributed by atoms with E-state index in [1.165, 1.54) is 11.8 Å². The highest BCUT2D eigenvalue weighted by Gasteiger charge is 2.48. The Morgan fingerprint density at radius 3 is 3.00 bits per heavy atom. The van der Waals surface area contributed by atoms with Gasteiger partial charge < -0.3 is 25.6 Å². The molecule has 0 aromatic heterocycles. The normalized spacial score (nSPS) is 39.9. The second-order valence-electron chi connectivity index (χ2n) is 4.54. The lowest BCUT2D eigenvalue weighted by Crippen LogP contribution is -2.60. The summed E-state index contributed by atoms with van der Waals surface area (Å²) in [5.41, 5.74) is -0.209. The zero-order chi connectivity index (χ0) is 13.8. The van der Waals surface area contributed by atoms with Crippen molar-refractivity contribution in [3.8, 4) is 0 Å². The number of amidine groups is 1. The maximum Gasteiger partial charge on any atom is 0.159 e. The Morgan fingerprint density at radius 1 is 1.53 bits per heavy atom. The van der Waals surface area contributed by atoms with Gasteiger partial charge in [0.2, 0.25) is 0 Å². The number of aliphatic imine (C=N–C) groups is 1. The van der Waals surface area contributed by atoms with Crippen LogP contribution in [0.1, 0.15) is 6.92 Å². The van der Waals surface area contributed by atoms with Crippen molar-refractivity contribution in [1.82, 2.24) is 10.6 Å². The highest BCUT2D eigenvalue weighted by Crippen LogP contribution is 2.33. The number of fused-ring (bicyclic) bond motifs is 1. The number of rotatable bonds is 5. The first-order chi connectivity index (χ1) is 9.17.